The molecule has 0 fully saturated rings. The minimum atomic E-state index is -4.42. The topological polar surface area (TPSA) is 108 Å². The highest BCUT2D eigenvalue weighted by atomic mass is 31.2. The molecule has 2 unspecified atom stereocenters. The van der Waals surface area contributed by atoms with E-state index < -0.39 is 26.5 Å². The number of rotatable bonds is 66. The van der Waals surface area contributed by atoms with Gasteiger partial charge in [-0.25, -0.2) is 4.57 Å². The summed E-state index contributed by atoms with van der Waals surface area (Å²) in [5.74, 6) is -0.863. The molecule has 0 aromatic heterocycles. The van der Waals surface area contributed by atoms with Gasteiger partial charge >= 0.3 is 19.8 Å². The number of hydrogen-bond acceptors (Lipinski definition) is 7. The van der Waals surface area contributed by atoms with Crippen LogP contribution >= 0.6 is 7.82 Å². The van der Waals surface area contributed by atoms with Crippen molar-refractivity contribution in [3.63, 3.8) is 0 Å². The number of phosphoric acid groups is 1. The van der Waals surface area contributed by atoms with E-state index in [0.29, 0.717) is 17.4 Å². The molecule has 10 heteroatoms. The summed E-state index contributed by atoms with van der Waals surface area (Å²) in [7, 11) is 1.42. The smallest absolute Gasteiger partial charge is 0.462 e. The minimum Gasteiger partial charge on any atom is -0.462 e. The average molecular weight is 1340 g/mol. The predicted octanol–water partition coefficient (Wildman–Crippen LogP) is 25.2. The lowest BCUT2D eigenvalue weighted by molar-refractivity contribution is -0.870. The van der Waals surface area contributed by atoms with Gasteiger partial charge in [-0.1, -0.05) is 310 Å². The molecule has 0 saturated heterocycles. The molecule has 0 rings (SSSR count). The van der Waals surface area contributed by atoms with Crippen LogP contribution in [-0.4, -0.2) is 74.9 Å². The van der Waals surface area contributed by atoms with E-state index in [1.165, 1.54) is 70.6 Å². The van der Waals surface area contributed by atoms with Gasteiger partial charge in [-0.3, -0.25) is 18.6 Å². The first kappa shape index (κ1) is 90.3. The largest absolute Gasteiger partial charge is 0.472 e. The van der Waals surface area contributed by atoms with Crippen LogP contribution in [0, 0.1) is 0 Å². The van der Waals surface area contributed by atoms with Gasteiger partial charge < -0.3 is 18.9 Å². The van der Waals surface area contributed by atoms with Gasteiger partial charge in [-0.05, 0) is 154 Å². The van der Waals surface area contributed by atoms with E-state index in [1.54, 1.807) is 0 Å². The highest BCUT2D eigenvalue weighted by Crippen LogP contribution is 2.43. The zero-order valence-corrected chi connectivity index (χ0v) is 62.2. The number of carbonyl (C=O) groups excluding carboxylic acids is 2. The summed E-state index contributed by atoms with van der Waals surface area (Å²) in [6, 6.07) is 0. The molecule has 0 heterocycles. The molecule has 0 saturated carbocycles. The number of allylic oxidation sites excluding steroid dienone is 36. The lowest BCUT2D eigenvalue weighted by Crippen LogP contribution is -2.37. The third-order valence-corrected chi connectivity index (χ3v) is 16.0. The van der Waals surface area contributed by atoms with E-state index in [1.807, 2.05) is 21.1 Å². The number of esters is 2. The van der Waals surface area contributed by atoms with Crippen molar-refractivity contribution in [3.8, 4) is 0 Å². The van der Waals surface area contributed by atoms with Gasteiger partial charge in [0.15, 0.2) is 6.10 Å². The normalized spacial score (nSPS) is 14.4. The van der Waals surface area contributed by atoms with E-state index in [4.69, 9.17) is 18.5 Å². The Bertz CT molecular complexity index is 2430. The van der Waals surface area contributed by atoms with Crippen molar-refractivity contribution in [2.45, 2.75) is 264 Å². The van der Waals surface area contributed by atoms with Crippen molar-refractivity contribution in [3.05, 3.63) is 219 Å². The van der Waals surface area contributed by atoms with Crippen molar-refractivity contribution in [1.82, 2.24) is 0 Å². The molecule has 9 nitrogen and oxygen atoms in total. The molecule has 0 bridgehead atoms. The predicted molar refractivity (Wildman–Crippen MR) is 417 cm³/mol. The molecular weight excluding hydrogens is 1210 g/mol. The maximum Gasteiger partial charge on any atom is 0.472 e. The molecule has 0 aliphatic heterocycles. The molecule has 0 radical (unpaired) electrons. The Labute approximate surface area is 588 Å². The van der Waals surface area contributed by atoms with E-state index in [2.05, 4.69) is 233 Å². The molecular formula is C86H137NO8P+. The van der Waals surface area contributed by atoms with E-state index in [-0.39, 0.29) is 32.0 Å². The second kappa shape index (κ2) is 73.6. The van der Waals surface area contributed by atoms with Gasteiger partial charge in [0.1, 0.15) is 19.8 Å². The maximum absolute atomic E-state index is 12.9. The Morgan fingerprint density at radius 1 is 0.323 bits per heavy atom. The van der Waals surface area contributed by atoms with Crippen LogP contribution < -0.4 is 0 Å². The Morgan fingerprint density at radius 3 is 0.854 bits per heavy atom. The summed E-state index contributed by atoms with van der Waals surface area (Å²) in [4.78, 5) is 35.9. The van der Waals surface area contributed by atoms with Crippen LogP contribution in [0.5, 0.6) is 0 Å². The summed E-state index contributed by atoms with van der Waals surface area (Å²) in [5.41, 5.74) is 0. The fourth-order valence-corrected chi connectivity index (χ4v) is 10.1. The Hall–Kier alpha value is -5.67. The van der Waals surface area contributed by atoms with Crippen molar-refractivity contribution in [1.29, 1.82) is 0 Å². The summed E-state index contributed by atoms with van der Waals surface area (Å²) in [5, 5.41) is 0. The quantitative estimate of drug-likeness (QED) is 0.0211. The van der Waals surface area contributed by atoms with Crippen LogP contribution in [-0.2, 0) is 32.7 Å². The first-order valence-corrected chi connectivity index (χ1v) is 39.0. The zero-order chi connectivity index (χ0) is 69.7. The van der Waals surface area contributed by atoms with Crippen molar-refractivity contribution in [2.24, 2.45) is 0 Å². The van der Waals surface area contributed by atoms with E-state index in [9.17, 15) is 19.0 Å². The lowest BCUT2D eigenvalue weighted by Gasteiger charge is -2.24. The number of unbranched alkanes of at least 4 members (excludes halogenated alkanes) is 16. The SMILES string of the molecule is CC/C=C\C/C=C\C/C=C\C/C=C\C/C=C\C/C=C\C/C=C\C/C=C\C/C=C\C/C=C\CCCCC(=O)OC(COC(=O)CCCCCCCCCCCCCCCC/C=C\C/C=C\C/C=C\C/C=C\C/C=C\C/C=C\C/C=C\C/C=C\CC)COP(=O)(O)OCC[N+](C)(C)C. The number of hydrogen-bond donors (Lipinski definition) is 1. The molecule has 0 aliphatic rings. The van der Waals surface area contributed by atoms with Gasteiger partial charge in [0.05, 0.1) is 27.7 Å². The fourth-order valence-electron chi connectivity index (χ4n) is 9.35. The maximum atomic E-state index is 12.9. The first-order chi connectivity index (χ1) is 47.0. The van der Waals surface area contributed by atoms with Gasteiger partial charge in [0.25, 0.3) is 0 Å². The van der Waals surface area contributed by atoms with Crippen LogP contribution in [0.4, 0.5) is 0 Å². The number of nitrogens with zero attached hydrogens (tertiary/aromatic N) is 1. The van der Waals surface area contributed by atoms with Gasteiger partial charge in [0.2, 0.25) is 0 Å². The molecule has 0 amide bonds. The molecule has 0 aromatic carbocycles. The Kier molecular flexibility index (Phi) is 69.2. The molecule has 2 atom stereocenters. The monoisotopic (exact) mass is 1340 g/mol. The third kappa shape index (κ3) is 77.3. The highest BCUT2D eigenvalue weighted by molar-refractivity contribution is 7.47. The summed E-state index contributed by atoms with van der Waals surface area (Å²) in [6.45, 7) is 4.13. The second-order valence-electron chi connectivity index (χ2n) is 25.2. The fraction of sp³-hybridized carbons (Fsp3) is 0.558. The molecule has 538 valence electrons. The number of carbonyl (C=O) groups is 2. The Balaban J connectivity index is 4.16. The first-order valence-electron chi connectivity index (χ1n) is 37.5. The lowest BCUT2D eigenvalue weighted by atomic mass is 10.0. The standard InChI is InChI=1S/C86H136NO8P/c1-6-8-10-12-14-16-18-20-22-24-26-28-30-32-34-36-38-40-41-42-43-44-45-47-48-50-52-54-56-58-60-62-64-66-68-70-72-74-76-78-85(88)92-82-84(83-94-96(90,91)93-81-80-87(3,4)5)95-86(89)79-77-75-73-71-69-67-65-63-61-59-57-55-53-51-49-46-39-37-35-33-31-29-27-25-23-21-19-17-15-13-11-9-7-2/h8-11,14-17,20-23,26-29,32-35,38-40,42-43,45-47,51,53,57,59,63,65,69,71,84H,6-7,12-13,18-19,24-25,30-31,36-37,41,44,48-50,52,54-56,58,60-62,64,66-68,70,72-83H2,1-5H3/p+1/b10-8-,11-9-,16-14-,17-15-,22-20-,23-21-,28-26-,29-27-,34-32-,35-33-,40-38-,43-42-,46-39-,47-45-,53-51-,59-57-,65-63-,71-69-. The third-order valence-electron chi connectivity index (χ3n) is 15.0. The molecule has 0 spiro atoms. The molecule has 0 aliphatic carbocycles. The molecule has 0 aromatic rings. The van der Waals surface area contributed by atoms with Crippen LogP contribution in [0.3, 0.4) is 0 Å². The van der Waals surface area contributed by atoms with E-state index >= 15 is 0 Å². The minimum absolute atomic E-state index is 0.0117. The van der Waals surface area contributed by atoms with Crippen LogP contribution in [0.15, 0.2) is 219 Å². The number of quaternary nitrogens is 1. The van der Waals surface area contributed by atoms with Crippen molar-refractivity contribution >= 4 is 19.8 Å². The van der Waals surface area contributed by atoms with Crippen LogP contribution in [0.1, 0.15) is 258 Å². The number of likely N-dealkylation sites (N-methyl/N-ethyl adjacent to an activating group) is 1. The van der Waals surface area contributed by atoms with Gasteiger partial charge in [-0.15, -0.1) is 0 Å². The molecule has 96 heavy (non-hydrogen) atoms. The second-order valence-corrected chi connectivity index (χ2v) is 26.7. The number of ether oxygens (including phenoxy) is 2. The van der Waals surface area contributed by atoms with Crippen molar-refractivity contribution in [2.75, 3.05) is 47.5 Å². The van der Waals surface area contributed by atoms with Gasteiger partial charge in [0, 0.05) is 12.8 Å². The summed E-state index contributed by atoms with van der Waals surface area (Å²) in [6.07, 6.45) is 118. The van der Waals surface area contributed by atoms with E-state index in [0.717, 1.165) is 154 Å². The highest BCUT2D eigenvalue weighted by Gasteiger charge is 2.27. The summed E-state index contributed by atoms with van der Waals surface area (Å²) < 4.78 is 34.7. The molecule has 1 N–H and O–H groups in total. The Morgan fingerprint density at radius 2 is 0.562 bits per heavy atom. The zero-order valence-electron chi connectivity index (χ0n) is 61.3. The van der Waals surface area contributed by atoms with Crippen LogP contribution in [0.25, 0.3) is 0 Å². The van der Waals surface area contributed by atoms with Crippen LogP contribution in [0.2, 0.25) is 0 Å². The van der Waals surface area contributed by atoms with Crippen molar-refractivity contribution < 1.29 is 42.1 Å². The average Bonchev–Trinajstić information content (AvgIpc) is 1.48. The number of phosphoric ester groups is 1. The van der Waals surface area contributed by atoms with Gasteiger partial charge in [-0.2, -0.15) is 0 Å². The summed E-state index contributed by atoms with van der Waals surface area (Å²) >= 11 is 0.